The summed E-state index contributed by atoms with van der Waals surface area (Å²) < 4.78 is 7.06. The highest BCUT2D eigenvalue weighted by atomic mass is 16.6. The largest absolute Gasteiger partial charge is 0.444 e. The molecule has 2 heterocycles. The molecule has 0 radical (unpaired) electrons. The zero-order valence-electron chi connectivity index (χ0n) is 15.4. The number of hydrogen-bond donors (Lipinski definition) is 0. The van der Waals surface area contributed by atoms with Crippen LogP contribution in [-0.2, 0) is 4.74 Å². The fourth-order valence-corrected chi connectivity index (χ4v) is 2.76. The Hall–Kier alpha value is -2.83. The Bertz CT molecular complexity index is 772. The first-order valence-corrected chi connectivity index (χ1v) is 8.71. The molecule has 0 aliphatic carbocycles. The quantitative estimate of drug-likeness (QED) is 0.829. The van der Waals surface area contributed by atoms with Crippen molar-refractivity contribution >= 4 is 12.0 Å². The maximum absolute atomic E-state index is 12.7. The minimum Gasteiger partial charge on any atom is -0.444 e. The minimum absolute atomic E-state index is 0.0731. The molecule has 0 unspecified atom stereocenters. The number of piperazine rings is 1. The Kier molecular flexibility index (Phi) is 4.97. The van der Waals surface area contributed by atoms with Gasteiger partial charge in [0.15, 0.2) is 0 Å². The average Bonchev–Trinajstić information content (AvgIpc) is 3.11. The predicted molar refractivity (Wildman–Crippen MR) is 97.3 cm³/mol. The topological polar surface area (TPSA) is 67.7 Å². The maximum atomic E-state index is 12.7. The van der Waals surface area contributed by atoms with Crippen molar-refractivity contribution in [3.05, 3.63) is 48.3 Å². The van der Waals surface area contributed by atoms with Crippen LogP contribution < -0.4 is 0 Å². The number of hydrogen-bond acceptors (Lipinski definition) is 4. The summed E-state index contributed by atoms with van der Waals surface area (Å²) in [6.45, 7) is 7.42. The number of carbonyl (C=O) groups excluding carboxylic acids is 2. The molecule has 1 aliphatic heterocycles. The number of ether oxygens (including phenoxy) is 1. The molecule has 1 aliphatic rings. The lowest BCUT2D eigenvalue weighted by atomic mass is 10.2. The van der Waals surface area contributed by atoms with Crippen LogP contribution in [0.4, 0.5) is 4.79 Å². The molecule has 0 atom stereocenters. The first-order chi connectivity index (χ1) is 12.3. The van der Waals surface area contributed by atoms with Crippen molar-refractivity contribution in [1.29, 1.82) is 0 Å². The molecule has 3 rings (SSSR count). The van der Waals surface area contributed by atoms with Crippen LogP contribution in [0.3, 0.4) is 0 Å². The van der Waals surface area contributed by atoms with E-state index in [1.165, 1.54) is 0 Å². The van der Waals surface area contributed by atoms with E-state index in [0.717, 1.165) is 5.69 Å². The third kappa shape index (κ3) is 4.22. The van der Waals surface area contributed by atoms with Crippen LogP contribution in [-0.4, -0.2) is 63.4 Å². The fourth-order valence-electron chi connectivity index (χ4n) is 2.76. The molecule has 0 spiro atoms. The fraction of sp³-hybridized carbons (Fsp3) is 0.421. The van der Waals surface area contributed by atoms with E-state index in [2.05, 4.69) is 5.10 Å². The van der Waals surface area contributed by atoms with E-state index in [0.29, 0.717) is 31.7 Å². The van der Waals surface area contributed by atoms with E-state index in [9.17, 15) is 9.59 Å². The second-order valence-corrected chi connectivity index (χ2v) is 7.27. The smallest absolute Gasteiger partial charge is 0.410 e. The van der Waals surface area contributed by atoms with Crippen molar-refractivity contribution in [3.63, 3.8) is 0 Å². The Morgan fingerprint density at radius 2 is 1.62 bits per heavy atom. The summed E-state index contributed by atoms with van der Waals surface area (Å²) in [5.41, 5.74) is 0.927. The number of nitrogens with zero attached hydrogens (tertiary/aromatic N) is 4. The van der Waals surface area contributed by atoms with Gasteiger partial charge in [0.05, 0.1) is 17.4 Å². The molecule has 2 amide bonds. The van der Waals surface area contributed by atoms with Crippen LogP contribution in [0.25, 0.3) is 5.69 Å². The number of para-hydroxylation sites is 1. The van der Waals surface area contributed by atoms with Crippen LogP contribution in [0.2, 0.25) is 0 Å². The summed E-state index contributed by atoms with van der Waals surface area (Å²) >= 11 is 0. The number of amides is 2. The summed E-state index contributed by atoms with van der Waals surface area (Å²) in [6, 6.07) is 9.65. The van der Waals surface area contributed by atoms with Gasteiger partial charge in [-0.25, -0.2) is 9.48 Å². The lowest BCUT2D eigenvalue weighted by molar-refractivity contribution is 0.0141. The van der Waals surface area contributed by atoms with Crippen molar-refractivity contribution in [3.8, 4) is 5.69 Å². The summed E-state index contributed by atoms with van der Waals surface area (Å²) in [6.07, 6.45) is 2.98. The summed E-state index contributed by atoms with van der Waals surface area (Å²) in [7, 11) is 0. The molecular formula is C19H24N4O3. The van der Waals surface area contributed by atoms with E-state index < -0.39 is 5.60 Å². The van der Waals surface area contributed by atoms with E-state index in [4.69, 9.17) is 4.74 Å². The zero-order valence-corrected chi connectivity index (χ0v) is 15.4. The van der Waals surface area contributed by atoms with Gasteiger partial charge < -0.3 is 14.5 Å². The predicted octanol–water partition coefficient (Wildman–Crippen LogP) is 2.57. The second kappa shape index (κ2) is 7.19. The van der Waals surface area contributed by atoms with Crippen molar-refractivity contribution < 1.29 is 14.3 Å². The third-order valence-corrected chi connectivity index (χ3v) is 4.07. The molecule has 7 heteroatoms. The Morgan fingerprint density at radius 1 is 1.00 bits per heavy atom. The molecule has 1 aromatic heterocycles. The third-order valence-electron chi connectivity index (χ3n) is 4.07. The Labute approximate surface area is 153 Å². The van der Waals surface area contributed by atoms with E-state index in [1.54, 1.807) is 26.9 Å². The number of rotatable bonds is 2. The Balaban J connectivity index is 1.59. The summed E-state index contributed by atoms with van der Waals surface area (Å²) in [4.78, 5) is 28.2. The van der Waals surface area contributed by atoms with Crippen LogP contribution >= 0.6 is 0 Å². The first kappa shape index (κ1) is 18.0. The van der Waals surface area contributed by atoms with Gasteiger partial charge in [-0.1, -0.05) is 18.2 Å². The molecule has 2 aromatic rings. The van der Waals surface area contributed by atoms with E-state index in [-0.39, 0.29) is 12.0 Å². The van der Waals surface area contributed by atoms with Crippen LogP contribution in [0.5, 0.6) is 0 Å². The first-order valence-electron chi connectivity index (χ1n) is 8.71. The van der Waals surface area contributed by atoms with Gasteiger partial charge in [0, 0.05) is 32.4 Å². The standard InChI is InChI=1S/C19H24N4O3/c1-19(2,3)26-18(25)22-11-9-21(10-12-22)17(24)15-13-20-23(14-15)16-7-5-4-6-8-16/h4-8,13-14H,9-12H2,1-3H3. The number of benzene rings is 1. The van der Waals surface area contributed by atoms with E-state index >= 15 is 0 Å². The monoisotopic (exact) mass is 356 g/mol. The lowest BCUT2D eigenvalue weighted by Crippen LogP contribution is -2.51. The van der Waals surface area contributed by atoms with Gasteiger partial charge in [0.25, 0.3) is 5.91 Å². The molecule has 1 aromatic carbocycles. The molecular weight excluding hydrogens is 332 g/mol. The molecule has 26 heavy (non-hydrogen) atoms. The van der Waals surface area contributed by atoms with E-state index in [1.807, 2.05) is 51.1 Å². The number of aromatic nitrogens is 2. The molecule has 1 saturated heterocycles. The molecule has 138 valence electrons. The highest BCUT2D eigenvalue weighted by molar-refractivity contribution is 5.94. The van der Waals surface area contributed by atoms with Gasteiger partial charge >= 0.3 is 6.09 Å². The van der Waals surface area contributed by atoms with Gasteiger partial charge in [0.2, 0.25) is 0 Å². The van der Waals surface area contributed by atoms with Crippen LogP contribution in [0.15, 0.2) is 42.7 Å². The highest BCUT2D eigenvalue weighted by Gasteiger charge is 2.28. The highest BCUT2D eigenvalue weighted by Crippen LogP contribution is 2.14. The molecule has 0 bridgehead atoms. The SMILES string of the molecule is CC(C)(C)OC(=O)N1CCN(C(=O)c2cnn(-c3ccccc3)c2)CC1. The maximum Gasteiger partial charge on any atom is 0.410 e. The van der Waals surface area contributed by atoms with Crippen LogP contribution in [0, 0.1) is 0 Å². The van der Waals surface area contributed by atoms with Crippen LogP contribution in [0.1, 0.15) is 31.1 Å². The lowest BCUT2D eigenvalue weighted by Gasteiger charge is -2.35. The molecule has 1 fully saturated rings. The molecule has 7 nitrogen and oxygen atoms in total. The molecule has 0 saturated carbocycles. The van der Waals surface area contributed by atoms with Crippen molar-refractivity contribution in [1.82, 2.24) is 19.6 Å². The van der Waals surface area contributed by atoms with Gasteiger partial charge in [-0.05, 0) is 32.9 Å². The van der Waals surface area contributed by atoms with Gasteiger partial charge in [0.1, 0.15) is 5.60 Å². The van der Waals surface area contributed by atoms with Crippen molar-refractivity contribution in [2.45, 2.75) is 26.4 Å². The van der Waals surface area contributed by atoms with Gasteiger partial charge in [-0.3, -0.25) is 4.79 Å². The van der Waals surface area contributed by atoms with Crippen molar-refractivity contribution in [2.75, 3.05) is 26.2 Å². The average molecular weight is 356 g/mol. The Morgan fingerprint density at radius 3 is 2.23 bits per heavy atom. The number of carbonyl (C=O) groups is 2. The summed E-state index contributed by atoms with van der Waals surface area (Å²) in [5.74, 6) is -0.0731. The minimum atomic E-state index is -0.518. The van der Waals surface area contributed by atoms with Gasteiger partial charge in [-0.2, -0.15) is 5.10 Å². The second-order valence-electron chi connectivity index (χ2n) is 7.27. The zero-order chi connectivity index (χ0) is 18.7. The normalized spacial score (nSPS) is 15.0. The van der Waals surface area contributed by atoms with Crippen molar-refractivity contribution in [2.24, 2.45) is 0 Å². The molecule has 0 N–H and O–H groups in total. The summed E-state index contributed by atoms with van der Waals surface area (Å²) in [5, 5.41) is 4.27. The van der Waals surface area contributed by atoms with Gasteiger partial charge in [-0.15, -0.1) is 0 Å².